The average Bonchev–Trinajstić information content (AvgIpc) is 2.10. The maximum atomic E-state index is 10.6. The lowest BCUT2D eigenvalue weighted by atomic mass is 10.2. The zero-order chi connectivity index (χ0) is 11.7. The Balaban J connectivity index is 3.79. The summed E-state index contributed by atoms with van der Waals surface area (Å²) in [4.78, 5) is 22.6. The van der Waals surface area contributed by atoms with E-state index in [-0.39, 0.29) is 19.7 Å². The third-order valence-corrected chi connectivity index (χ3v) is 1.87. The van der Waals surface area contributed by atoms with Crippen molar-refractivity contribution in [3.8, 4) is 0 Å². The van der Waals surface area contributed by atoms with Gasteiger partial charge in [0, 0.05) is 6.61 Å². The second-order valence-corrected chi connectivity index (χ2v) is 3.35. The first-order chi connectivity index (χ1) is 7.06. The van der Waals surface area contributed by atoms with Gasteiger partial charge in [-0.2, -0.15) is 0 Å². The van der Waals surface area contributed by atoms with Gasteiger partial charge in [0.25, 0.3) is 0 Å². The fraction of sp³-hybridized carbons (Fsp3) is 0.778. The SMILES string of the molecule is NC(=O)CN(CCCCCO)CC(=O)O. The number of unbranched alkanes of at least 4 members (excludes halogenated alkanes) is 2. The molecule has 0 aromatic carbocycles. The van der Waals surface area contributed by atoms with Crippen molar-refractivity contribution >= 4 is 11.9 Å². The summed E-state index contributed by atoms with van der Waals surface area (Å²) in [6, 6.07) is 0. The zero-order valence-electron chi connectivity index (χ0n) is 8.69. The number of hydrogen-bond donors (Lipinski definition) is 3. The van der Waals surface area contributed by atoms with Crippen LogP contribution >= 0.6 is 0 Å². The molecule has 4 N–H and O–H groups in total. The lowest BCUT2D eigenvalue weighted by Crippen LogP contribution is -2.37. The van der Waals surface area contributed by atoms with Crippen molar-refractivity contribution in [2.24, 2.45) is 5.73 Å². The number of rotatable bonds is 9. The van der Waals surface area contributed by atoms with Crippen molar-refractivity contribution in [1.29, 1.82) is 0 Å². The van der Waals surface area contributed by atoms with Crippen LogP contribution in [0, 0.1) is 0 Å². The Bertz CT molecular complexity index is 192. The van der Waals surface area contributed by atoms with Crippen molar-refractivity contribution in [3.05, 3.63) is 0 Å². The minimum absolute atomic E-state index is 0.0363. The van der Waals surface area contributed by atoms with Crippen LogP contribution in [0.3, 0.4) is 0 Å². The quantitative estimate of drug-likeness (QED) is 0.431. The molecule has 0 aromatic rings. The van der Waals surface area contributed by atoms with E-state index in [1.54, 1.807) is 0 Å². The van der Waals surface area contributed by atoms with E-state index in [2.05, 4.69) is 0 Å². The monoisotopic (exact) mass is 218 g/mol. The number of carbonyl (C=O) groups excluding carboxylic acids is 1. The van der Waals surface area contributed by atoms with Gasteiger partial charge in [0.15, 0.2) is 0 Å². The fourth-order valence-corrected chi connectivity index (χ4v) is 1.25. The molecule has 0 atom stereocenters. The summed E-state index contributed by atoms with van der Waals surface area (Å²) < 4.78 is 0. The van der Waals surface area contributed by atoms with Crippen molar-refractivity contribution in [2.45, 2.75) is 19.3 Å². The van der Waals surface area contributed by atoms with E-state index in [1.165, 1.54) is 4.90 Å². The number of carboxylic acid groups (broad SMARTS) is 1. The number of amides is 1. The van der Waals surface area contributed by atoms with E-state index in [4.69, 9.17) is 15.9 Å². The first-order valence-corrected chi connectivity index (χ1v) is 4.89. The highest BCUT2D eigenvalue weighted by Gasteiger charge is 2.11. The Hall–Kier alpha value is -1.14. The fourth-order valence-electron chi connectivity index (χ4n) is 1.25. The Kier molecular flexibility index (Phi) is 7.57. The highest BCUT2D eigenvalue weighted by Crippen LogP contribution is 1.98. The third-order valence-electron chi connectivity index (χ3n) is 1.87. The number of nitrogens with two attached hydrogens (primary N) is 1. The van der Waals surface area contributed by atoms with E-state index < -0.39 is 11.9 Å². The second kappa shape index (κ2) is 8.19. The molecular weight excluding hydrogens is 200 g/mol. The molecule has 0 saturated carbocycles. The van der Waals surface area contributed by atoms with E-state index >= 15 is 0 Å². The van der Waals surface area contributed by atoms with Crippen LogP contribution in [0.5, 0.6) is 0 Å². The molecule has 88 valence electrons. The van der Waals surface area contributed by atoms with Crippen LogP contribution < -0.4 is 5.73 Å². The second-order valence-electron chi connectivity index (χ2n) is 3.35. The normalized spacial score (nSPS) is 10.5. The average molecular weight is 218 g/mol. The minimum atomic E-state index is -0.974. The molecule has 6 nitrogen and oxygen atoms in total. The number of aliphatic carboxylic acids is 1. The predicted octanol–water partition coefficient (Wildman–Crippen LogP) is -0.979. The van der Waals surface area contributed by atoms with Crippen molar-refractivity contribution in [3.63, 3.8) is 0 Å². The van der Waals surface area contributed by atoms with E-state index in [0.29, 0.717) is 13.0 Å². The van der Waals surface area contributed by atoms with Gasteiger partial charge in [-0.05, 0) is 25.8 Å². The smallest absolute Gasteiger partial charge is 0.317 e. The first kappa shape index (κ1) is 13.9. The number of aliphatic hydroxyl groups is 1. The van der Waals surface area contributed by atoms with E-state index in [1.807, 2.05) is 0 Å². The van der Waals surface area contributed by atoms with E-state index in [0.717, 1.165) is 12.8 Å². The van der Waals surface area contributed by atoms with Crippen LogP contribution in [0.1, 0.15) is 19.3 Å². The number of aliphatic hydroxyl groups excluding tert-OH is 1. The molecule has 0 saturated heterocycles. The van der Waals surface area contributed by atoms with Gasteiger partial charge in [-0.1, -0.05) is 0 Å². The first-order valence-electron chi connectivity index (χ1n) is 4.89. The number of carboxylic acids is 1. The molecular formula is C9H18N2O4. The van der Waals surface area contributed by atoms with Gasteiger partial charge in [0.1, 0.15) is 0 Å². The maximum Gasteiger partial charge on any atom is 0.317 e. The number of hydrogen-bond acceptors (Lipinski definition) is 4. The van der Waals surface area contributed by atoms with Crippen LogP contribution in [0.15, 0.2) is 0 Å². The molecule has 0 radical (unpaired) electrons. The van der Waals surface area contributed by atoms with Gasteiger partial charge >= 0.3 is 5.97 Å². The van der Waals surface area contributed by atoms with Gasteiger partial charge < -0.3 is 15.9 Å². The van der Waals surface area contributed by atoms with Crippen LogP contribution in [0.2, 0.25) is 0 Å². The minimum Gasteiger partial charge on any atom is -0.480 e. The molecule has 1 amide bonds. The zero-order valence-corrected chi connectivity index (χ0v) is 8.69. The summed E-state index contributed by atoms with van der Waals surface area (Å²) >= 11 is 0. The molecule has 0 fully saturated rings. The summed E-state index contributed by atoms with van der Waals surface area (Å²) in [7, 11) is 0. The van der Waals surface area contributed by atoms with Crippen LogP contribution in [0.4, 0.5) is 0 Å². The predicted molar refractivity (Wildman–Crippen MR) is 54.2 cm³/mol. The molecule has 0 heterocycles. The Morgan fingerprint density at radius 2 is 1.80 bits per heavy atom. The molecule has 0 aliphatic rings. The van der Waals surface area contributed by atoms with E-state index in [9.17, 15) is 9.59 Å². The molecule has 0 aliphatic carbocycles. The van der Waals surface area contributed by atoms with Crippen LogP contribution in [0.25, 0.3) is 0 Å². The highest BCUT2D eigenvalue weighted by atomic mass is 16.4. The Morgan fingerprint density at radius 3 is 2.27 bits per heavy atom. The standard InChI is InChI=1S/C9H18N2O4/c10-8(13)6-11(7-9(14)15)4-2-1-3-5-12/h12H,1-7H2,(H2,10,13)(H,14,15). The Labute approximate surface area is 88.7 Å². The lowest BCUT2D eigenvalue weighted by Gasteiger charge is -2.17. The van der Waals surface area contributed by atoms with Crippen LogP contribution in [-0.2, 0) is 9.59 Å². The largest absolute Gasteiger partial charge is 0.480 e. The molecule has 0 aromatic heterocycles. The highest BCUT2D eigenvalue weighted by molar-refractivity contribution is 5.77. The van der Waals surface area contributed by atoms with Gasteiger partial charge in [0.2, 0.25) is 5.91 Å². The number of nitrogens with zero attached hydrogens (tertiary/aromatic N) is 1. The van der Waals surface area contributed by atoms with Gasteiger partial charge in [-0.15, -0.1) is 0 Å². The summed E-state index contributed by atoms with van der Waals surface area (Å²) in [6.45, 7) is 0.428. The van der Waals surface area contributed by atoms with Gasteiger partial charge in [-0.25, -0.2) is 0 Å². The third kappa shape index (κ3) is 9.17. The van der Waals surface area contributed by atoms with Gasteiger partial charge in [0.05, 0.1) is 13.1 Å². The summed E-state index contributed by atoms with van der Waals surface area (Å²) in [5.41, 5.74) is 4.99. The lowest BCUT2D eigenvalue weighted by molar-refractivity contribution is -0.138. The molecule has 15 heavy (non-hydrogen) atoms. The Morgan fingerprint density at radius 1 is 1.13 bits per heavy atom. The van der Waals surface area contributed by atoms with Crippen molar-refractivity contribution in [2.75, 3.05) is 26.2 Å². The van der Waals surface area contributed by atoms with Gasteiger partial charge in [-0.3, -0.25) is 14.5 Å². The molecule has 0 spiro atoms. The molecule has 0 bridgehead atoms. The molecule has 0 aliphatic heterocycles. The summed E-state index contributed by atoms with van der Waals surface area (Å²) in [5, 5.41) is 17.1. The van der Waals surface area contributed by atoms with Crippen LogP contribution in [-0.4, -0.2) is 53.2 Å². The summed E-state index contributed by atoms with van der Waals surface area (Å²) in [6.07, 6.45) is 2.25. The number of primary amides is 1. The molecule has 0 rings (SSSR count). The van der Waals surface area contributed by atoms with Crippen molar-refractivity contribution in [1.82, 2.24) is 4.90 Å². The number of carbonyl (C=O) groups is 2. The topological polar surface area (TPSA) is 104 Å². The van der Waals surface area contributed by atoms with Crippen molar-refractivity contribution < 1.29 is 19.8 Å². The maximum absolute atomic E-state index is 10.6. The molecule has 0 unspecified atom stereocenters. The summed E-state index contributed by atoms with van der Waals surface area (Å²) in [5.74, 6) is -1.50. The molecule has 6 heteroatoms.